The van der Waals surface area contributed by atoms with Crippen LogP contribution in [0.1, 0.15) is 46.0 Å². The van der Waals surface area contributed by atoms with E-state index in [1.54, 1.807) is 0 Å². The molecule has 1 fully saturated rings. The lowest BCUT2D eigenvalue weighted by Crippen LogP contribution is -2.40. The third kappa shape index (κ3) is 3.58. The van der Waals surface area contributed by atoms with E-state index in [9.17, 15) is 0 Å². The SMILES string of the molecule is CCC1CCCCC1NCC(C)CO. The van der Waals surface area contributed by atoms with E-state index in [1.165, 1.54) is 32.1 Å². The number of hydrogen-bond donors (Lipinski definition) is 2. The van der Waals surface area contributed by atoms with Gasteiger partial charge in [0, 0.05) is 19.2 Å². The minimum atomic E-state index is 0.302. The van der Waals surface area contributed by atoms with Crippen molar-refractivity contribution in [2.24, 2.45) is 11.8 Å². The Balaban J connectivity index is 2.26. The zero-order chi connectivity index (χ0) is 10.4. The summed E-state index contributed by atoms with van der Waals surface area (Å²) in [5.41, 5.74) is 0. The molecule has 84 valence electrons. The van der Waals surface area contributed by atoms with E-state index in [0.717, 1.165) is 12.5 Å². The summed E-state index contributed by atoms with van der Waals surface area (Å²) in [4.78, 5) is 0. The van der Waals surface area contributed by atoms with E-state index >= 15 is 0 Å². The molecule has 0 heterocycles. The lowest BCUT2D eigenvalue weighted by atomic mass is 9.83. The van der Waals surface area contributed by atoms with Crippen LogP contribution in [0.4, 0.5) is 0 Å². The minimum Gasteiger partial charge on any atom is -0.396 e. The third-order valence-corrected chi connectivity index (χ3v) is 3.47. The van der Waals surface area contributed by atoms with Crippen LogP contribution < -0.4 is 5.32 Å². The summed E-state index contributed by atoms with van der Waals surface area (Å²) in [7, 11) is 0. The summed E-state index contributed by atoms with van der Waals surface area (Å²) in [6.45, 7) is 5.66. The fraction of sp³-hybridized carbons (Fsp3) is 1.00. The second-order valence-electron chi connectivity index (χ2n) is 4.76. The van der Waals surface area contributed by atoms with Crippen LogP contribution in [0.25, 0.3) is 0 Å². The Kier molecular flexibility index (Phi) is 5.49. The Hall–Kier alpha value is -0.0800. The van der Waals surface area contributed by atoms with Gasteiger partial charge in [0.25, 0.3) is 0 Å². The molecule has 0 spiro atoms. The predicted octanol–water partition coefficient (Wildman–Crippen LogP) is 2.17. The number of hydrogen-bond acceptors (Lipinski definition) is 2. The van der Waals surface area contributed by atoms with Gasteiger partial charge >= 0.3 is 0 Å². The summed E-state index contributed by atoms with van der Waals surface area (Å²) in [5.74, 6) is 1.27. The highest BCUT2D eigenvalue weighted by Crippen LogP contribution is 2.26. The quantitative estimate of drug-likeness (QED) is 0.711. The van der Waals surface area contributed by atoms with Gasteiger partial charge < -0.3 is 10.4 Å². The highest BCUT2D eigenvalue weighted by Gasteiger charge is 2.23. The van der Waals surface area contributed by atoms with Crippen LogP contribution in [0.5, 0.6) is 0 Å². The zero-order valence-corrected chi connectivity index (χ0v) is 9.63. The van der Waals surface area contributed by atoms with Crippen LogP contribution in [0.3, 0.4) is 0 Å². The molecule has 1 saturated carbocycles. The summed E-state index contributed by atoms with van der Waals surface area (Å²) in [5, 5.41) is 12.6. The maximum atomic E-state index is 8.95. The molecule has 0 aliphatic heterocycles. The van der Waals surface area contributed by atoms with Crippen molar-refractivity contribution in [3.63, 3.8) is 0 Å². The highest BCUT2D eigenvalue weighted by molar-refractivity contribution is 4.80. The van der Waals surface area contributed by atoms with E-state index in [0.29, 0.717) is 18.6 Å². The van der Waals surface area contributed by atoms with Crippen molar-refractivity contribution in [3.8, 4) is 0 Å². The molecule has 14 heavy (non-hydrogen) atoms. The normalized spacial score (nSPS) is 30.2. The van der Waals surface area contributed by atoms with E-state index in [4.69, 9.17) is 5.11 Å². The van der Waals surface area contributed by atoms with Gasteiger partial charge in [-0.15, -0.1) is 0 Å². The summed E-state index contributed by atoms with van der Waals surface area (Å²) >= 11 is 0. The molecule has 0 bridgehead atoms. The first-order chi connectivity index (χ1) is 6.77. The summed E-state index contributed by atoms with van der Waals surface area (Å²) < 4.78 is 0. The molecule has 3 atom stereocenters. The van der Waals surface area contributed by atoms with Gasteiger partial charge in [0.2, 0.25) is 0 Å². The molecule has 2 heteroatoms. The van der Waals surface area contributed by atoms with E-state index < -0.39 is 0 Å². The highest BCUT2D eigenvalue weighted by atomic mass is 16.3. The Morgan fingerprint density at radius 2 is 2.07 bits per heavy atom. The molecule has 2 N–H and O–H groups in total. The number of nitrogens with one attached hydrogen (secondary N) is 1. The van der Waals surface area contributed by atoms with Crippen molar-refractivity contribution in [1.29, 1.82) is 0 Å². The molecular formula is C12H25NO. The van der Waals surface area contributed by atoms with Crippen molar-refractivity contribution < 1.29 is 5.11 Å². The fourth-order valence-corrected chi connectivity index (χ4v) is 2.38. The Morgan fingerprint density at radius 1 is 1.36 bits per heavy atom. The van der Waals surface area contributed by atoms with Crippen LogP contribution in [0, 0.1) is 11.8 Å². The second kappa shape index (κ2) is 6.41. The van der Waals surface area contributed by atoms with Crippen molar-refractivity contribution >= 4 is 0 Å². The molecule has 1 aliphatic carbocycles. The first kappa shape index (κ1) is 12.0. The van der Waals surface area contributed by atoms with Crippen LogP contribution in [-0.4, -0.2) is 24.3 Å². The summed E-state index contributed by atoms with van der Waals surface area (Å²) in [6.07, 6.45) is 6.80. The molecule has 3 unspecified atom stereocenters. The first-order valence-corrected chi connectivity index (χ1v) is 6.12. The van der Waals surface area contributed by atoms with Crippen molar-refractivity contribution in [3.05, 3.63) is 0 Å². The van der Waals surface area contributed by atoms with Gasteiger partial charge in [-0.1, -0.05) is 33.1 Å². The number of aliphatic hydroxyl groups excluding tert-OH is 1. The molecule has 0 aromatic carbocycles. The van der Waals surface area contributed by atoms with Crippen molar-refractivity contribution in [2.75, 3.05) is 13.2 Å². The largest absolute Gasteiger partial charge is 0.396 e. The van der Waals surface area contributed by atoms with Gasteiger partial charge in [0.15, 0.2) is 0 Å². The van der Waals surface area contributed by atoms with Crippen LogP contribution >= 0.6 is 0 Å². The molecule has 1 rings (SSSR count). The number of rotatable bonds is 5. The molecular weight excluding hydrogens is 174 g/mol. The van der Waals surface area contributed by atoms with Gasteiger partial charge in [0.05, 0.1) is 0 Å². The van der Waals surface area contributed by atoms with Gasteiger partial charge in [-0.2, -0.15) is 0 Å². The predicted molar refractivity (Wildman–Crippen MR) is 60.3 cm³/mol. The Labute approximate surface area is 88.1 Å². The van der Waals surface area contributed by atoms with Crippen molar-refractivity contribution in [1.82, 2.24) is 5.32 Å². The molecule has 2 nitrogen and oxygen atoms in total. The van der Waals surface area contributed by atoms with Crippen LogP contribution in [0.2, 0.25) is 0 Å². The van der Waals surface area contributed by atoms with Gasteiger partial charge in [0.1, 0.15) is 0 Å². The fourth-order valence-electron chi connectivity index (χ4n) is 2.38. The van der Waals surface area contributed by atoms with Gasteiger partial charge in [-0.05, 0) is 24.7 Å². The molecule has 0 amide bonds. The molecule has 0 aromatic rings. The second-order valence-corrected chi connectivity index (χ2v) is 4.76. The maximum absolute atomic E-state index is 8.95. The van der Waals surface area contributed by atoms with Gasteiger partial charge in [-0.25, -0.2) is 0 Å². The monoisotopic (exact) mass is 199 g/mol. The van der Waals surface area contributed by atoms with Gasteiger partial charge in [-0.3, -0.25) is 0 Å². The minimum absolute atomic E-state index is 0.302. The smallest absolute Gasteiger partial charge is 0.0468 e. The Bertz CT molecular complexity index is 149. The molecule has 0 saturated heterocycles. The van der Waals surface area contributed by atoms with Crippen LogP contribution in [-0.2, 0) is 0 Å². The first-order valence-electron chi connectivity index (χ1n) is 6.12. The average molecular weight is 199 g/mol. The van der Waals surface area contributed by atoms with Crippen molar-refractivity contribution in [2.45, 2.75) is 52.0 Å². The van der Waals surface area contributed by atoms with Crippen LogP contribution in [0.15, 0.2) is 0 Å². The lowest BCUT2D eigenvalue weighted by molar-refractivity contribution is 0.206. The van der Waals surface area contributed by atoms with E-state index in [1.807, 2.05) is 0 Å². The van der Waals surface area contributed by atoms with E-state index in [-0.39, 0.29) is 0 Å². The average Bonchev–Trinajstić information content (AvgIpc) is 2.26. The molecule has 1 aliphatic rings. The standard InChI is InChI=1S/C12H25NO/c1-3-11-6-4-5-7-12(11)13-8-10(2)9-14/h10-14H,3-9H2,1-2H3. The van der Waals surface area contributed by atoms with E-state index in [2.05, 4.69) is 19.2 Å². The maximum Gasteiger partial charge on any atom is 0.0468 e. The molecule has 0 aromatic heterocycles. The zero-order valence-electron chi connectivity index (χ0n) is 9.63. The molecule has 0 radical (unpaired) electrons. The Morgan fingerprint density at radius 3 is 2.71 bits per heavy atom. The third-order valence-electron chi connectivity index (χ3n) is 3.47. The summed E-state index contributed by atoms with van der Waals surface area (Å²) in [6, 6.07) is 0.711. The number of aliphatic hydroxyl groups is 1. The lowest BCUT2D eigenvalue weighted by Gasteiger charge is -2.32. The topological polar surface area (TPSA) is 32.3 Å².